The molecule has 1 aliphatic rings. The Hall–Kier alpha value is -1.52. The van der Waals surface area contributed by atoms with E-state index in [1.807, 2.05) is 18.2 Å². The minimum atomic E-state index is 0.242. The summed E-state index contributed by atoms with van der Waals surface area (Å²) in [4.78, 5) is 0. The average molecular weight is 247 g/mol. The molecule has 2 heterocycles. The summed E-state index contributed by atoms with van der Waals surface area (Å²) in [5.41, 5.74) is 0.901. The van der Waals surface area contributed by atoms with E-state index in [-0.39, 0.29) is 6.04 Å². The summed E-state index contributed by atoms with van der Waals surface area (Å²) in [5, 5.41) is 4.52. The van der Waals surface area contributed by atoms with Crippen LogP contribution in [0.25, 0.3) is 11.0 Å². The fourth-order valence-corrected chi connectivity index (χ4v) is 2.29. The molecule has 96 valence electrons. The van der Waals surface area contributed by atoms with Gasteiger partial charge in [0.2, 0.25) is 0 Å². The lowest BCUT2D eigenvalue weighted by Gasteiger charge is -2.10. The molecule has 3 rings (SSSR count). The fourth-order valence-electron chi connectivity index (χ4n) is 2.29. The molecule has 0 bridgehead atoms. The van der Waals surface area contributed by atoms with Crippen LogP contribution < -0.4 is 10.1 Å². The molecule has 0 radical (unpaired) electrons. The van der Waals surface area contributed by atoms with Crippen molar-refractivity contribution >= 4 is 11.0 Å². The zero-order chi connectivity index (χ0) is 12.4. The van der Waals surface area contributed by atoms with Crippen LogP contribution in [0.15, 0.2) is 28.7 Å². The first-order valence-corrected chi connectivity index (χ1v) is 6.25. The van der Waals surface area contributed by atoms with Crippen molar-refractivity contribution in [1.29, 1.82) is 0 Å². The second-order valence-electron chi connectivity index (χ2n) is 4.46. The Labute approximate surface area is 106 Å². The van der Waals surface area contributed by atoms with Gasteiger partial charge in [-0.05, 0) is 30.7 Å². The predicted molar refractivity (Wildman–Crippen MR) is 68.9 cm³/mol. The SMILES string of the molecule is COc1ccc2oc(C3CCOCCN3)cc2c1. The third kappa shape index (κ3) is 2.21. The molecular formula is C14H17NO3. The highest BCUT2D eigenvalue weighted by Crippen LogP contribution is 2.28. The zero-order valence-corrected chi connectivity index (χ0v) is 10.4. The maximum absolute atomic E-state index is 5.89. The van der Waals surface area contributed by atoms with Crippen LogP contribution in [0, 0.1) is 0 Å². The Morgan fingerprint density at radius 3 is 3.11 bits per heavy atom. The molecule has 1 fully saturated rings. The minimum Gasteiger partial charge on any atom is -0.497 e. The molecular weight excluding hydrogens is 230 g/mol. The van der Waals surface area contributed by atoms with Gasteiger partial charge in [-0.2, -0.15) is 0 Å². The lowest BCUT2D eigenvalue weighted by atomic mass is 10.1. The molecule has 0 amide bonds. The number of benzene rings is 1. The van der Waals surface area contributed by atoms with Gasteiger partial charge in [0.15, 0.2) is 0 Å². The van der Waals surface area contributed by atoms with Crippen molar-refractivity contribution in [3.63, 3.8) is 0 Å². The Morgan fingerprint density at radius 2 is 2.22 bits per heavy atom. The molecule has 18 heavy (non-hydrogen) atoms. The second-order valence-corrected chi connectivity index (χ2v) is 4.46. The van der Waals surface area contributed by atoms with E-state index in [0.717, 1.165) is 48.7 Å². The topological polar surface area (TPSA) is 43.6 Å². The summed E-state index contributed by atoms with van der Waals surface area (Å²) in [7, 11) is 1.67. The first kappa shape index (κ1) is 11.6. The molecule has 4 nitrogen and oxygen atoms in total. The van der Waals surface area contributed by atoms with E-state index in [0.29, 0.717) is 0 Å². The van der Waals surface area contributed by atoms with Crippen molar-refractivity contribution in [1.82, 2.24) is 5.32 Å². The number of rotatable bonds is 2. The molecule has 4 heteroatoms. The number of hydrogen-bond acceptors (Lipinski definition) is 4. The van der Waals surface area contributed by atoms with Gasteiger partial charge >= 0.3 is 0 Å². The molecule has 0 spiro atoms. The zero-order valence-electron chi connectivity index (χ0n) is 10.4. The van der Waals surface area contributed by atoms with Crippen LogP contribution in [0.1, 0.15) is 18.2 Å². The number of ether oxygens (including phenoxy) is 2. The van der Waals surface area contributed by atoms with Gasteiger partial charge in [0.25, 0.3) is 0 Å². The predicted octanol–water partition coefficient (Wildman–Crippen LogP) is 2.49. The molecule has 1 saturated heterocycles. The third-order valence-electron chi connectivity index (χ3n) is 3.27. The van der Waals surface area contributed by atoms with Crippen molar-refractivity contribution in [3.05, 3.63) is 30.0 Å². The van der Waals surface area contributed by atoms with Gasteiger partial charge in [0, 0.05) is 18.5 Å². The van der Waals surface area contributed by atoms with Crippen molar-refractivity contribution in [2.75, 3.05) is 26.9 Å². The van der Waals surface area contributed by atoms with Crippen molar-refractivity contribution in [2.45, 2.75) is 12.5 Å². The lowest BCUT2D eigenvalue weighted by molar-refractivity contribution is 0.149. The van der Waals surface area contributed by atoms with Crippen LogP contribution in [0.5, 0.6) is 5.75 Å². The Morgan fingerprint density at radius 1 is 1.28 bits per heavy atom. The van der Waals surface area contributed by atoms with Gasteiger partial charge in [-0.25, -0.2) is 0 Å². The summed E-state index contributed by atoms with van der Waals surface area (Å²) < 4.78 is 16.5. The number of nitrogens with one attached hydrogen (secondary N) is 1. The Balaban J connectivity index is 1.91. The van der Waals surface area contributed by atoms with E-state index in [2.05, 4.69) is 11.4 Å². The van der Waals surface area contributed by atoms with Crippen LogP contribution in [0.2, 0.25) is 0 Å². The maximum Gasteiger partial charge on any atom is 0.134 e. The van der Waals surface area contributed by atoms with Crippen LogP contribution in [0.4, 0.5) is 0 Å². The third-order valence-corrected chi connectivity index (χ3v) is 3.27. The number of fused-ring (bicyclic) bond motifs is 1. The number of furan rings is 1. The minimum absolute atomic E-state index is 0.242. The smallest absolute Gasteiger partial charge is 0.134 e. The first-order valence-electron chi connectivity index (χ1n) is 6.25. The summed E-state index contributed by atoms with van der Waals surface area (Å²) in [5.74, 6) is 1.83. The van der Waals surface area contributed by atoms with E-state index in [4.69, 9.17) is 13.9 Å². The van der Waals surface area contributed by atoms with E-state index in [1.165, 1.54) is 0 Å². The van der Waals surface area contributed by atoms with Gasteiger partial charge in [-0.15, -0.1) is 0 Å². The van der Waals surface area contributed by atoms with E-state index in [9.17, 15) is 0 Å². The Kier molecular flexibility index (Phi) is 3.21. The first-order chi connectivity index (χ1) is 8.86. The molecule has 1 atom stereocenters. The van der Waals surface area contributed by atoms with Crippen molar-refractivity contribution in [2.24, 2.45) is 0 Å². The Bertz CT molecular complexity index is 527. The highest BCUT2D eigenvalue weighted by molar-refractivity contribution is 5.79. The normalized spacial score (nSPS) is 20.8. The van der Waals surface area contributed by atoms with Crippen LogP contribution in [-0.4, -0.2) is 26.9 Å². The van der Waals surface area contributed by atoms with Gasteiger partial charge in [-0.1, -0.05) is 0 Å². The van der Waals surface area contributed by atoms with Gasteiger partial charge < -0.3 is 19.2 Å². The number of methoxy groups -OCH3 is 1. The summed E-state index contributed by atoms with van der Waals surface area (Å²) in [6, 6.07) is 8.19. The van der Waals surface area contributed by atoms with Gasteiger partial charge in [-0.3, -0.25) is 0 Å². The lowest BCUT2D eigenvalue weighted by Crippen LogP contribution is -2.21. The van der Waals surface area contributed by atoms with E-state index >= 15 is 0 Å². The van der Waals surface area contributed by atoms with Gasteiger partial charge in [0.1, 0.15) is 17.1 Å². The molecule has 1 aliphatic heterocycles. The number of hydrogen-bond donors (Lipinski definition) is 1. The largest absolute Gasteiger partial charge is 0.497 e. The molecule has 1 aromatic heterocycles. The summed E-state index contributed by atoms with van der Waals surface area (Å²) in [6.45, 7) is 2.41. The molecule has 1 unspecified atom stereocenters. The maximum atomic E-state index is 5.89. The molecule has 2 aromatic rings. The summed E-state index contributed by atoms with van der Waals surface area (Å²) >= 11 is 0. The van der Waals surface area contributed by atoms with Crippen LogP contribution in [0.3, 0.4) is 0 Å². The fraction of sp³-hybridized carbons (Fsp3) is 0.429. The highest BCUT2D eigenvalue weighted by atomic mass is 16.5. The standard InChI is InChI=1S/C14H17NO3/c1-16-11-2-3-13-10(8-11)9-14(18-13)12-4-6-17-7-5-15-12/h2-3,8-9,12,15H,4-7H2,1H3. The highest BCUT2D eigenvalue weighted by Gasteiger charge is 2.18. The van der Waals surface area contributed by atoms with E-state index < -0.39 is 0 Å². The molecule has 0 aliphatic carbocycles. The van der Waals surface area contributed by atoms with Crippen molar-refractivity contribution in [3.8, 4) is 5.75 Å². The quantitative estimate of drug-likeness (QED) is 0.885. The molecule has 0 saturated carbocycles. The van der Waals surface area contributed by atoms with Crippen molar-refractivity contribution < 1.29 is 13.9 Å². The second kappa shape index (κ2) is 5.00. The van der Waals surface area contributed by atoms with Crippen LogP contribution in [-0.2, 0) is 4.74 Å². The summed E-state index contributed by atoms with van der Waals surface area (Å²) in [6.07, 6.45) is 0.941. The molecule has 1 N–H and O–H groups in total. The van der Waals surface area contributed by atoms with Crippen LogP contribution >= 0.6 is 0 Å². The average Bonchev–Trinajstić information content (AvgIpc) is 2.63. The van der Waals surface area contributed by atoms with Gasteiger partial charge in [0.05, 0.1) is 19.8 Å². The van der Waals surface area contributed by atoms with E-state index in [1.54, 1.807) is 7.11 Å². The monoisotopic (exact) mass is 247 g/mol. The molecule has 1 aromatic carbocycles.